The van der Waals surface area contributed by atoms with Crippen LogP contribution in [-0.4, -0.2) is 4.98 Å². The first-order chi connectivity index (χ1) is 12.2. The van der Waals surface area contributed by atoms with Crippen molar-refractivity contribution in [3.8, 4) is 0 Å². The quantitative estimate of drug-likeness (QED) is 0.439. The van der Waals surface area contributed by atoms with Gasteiger partial charge in [-0.15, -0.1) is 22.7 Å². The topological polar surface area (TPSA) is 24.9 Å². The van der Waals surface area contributed by atoms with E-state index in [0.717, 1.165) is 27.5 Å². The van der Waals surface area contributed by atoms with E-state index in [1.807, 2.05) is 19.9 Å². The van der Waals surface area contributed by atoms with E-state index in [0.29, 0.717) is 11.1 Å². The van der Waals surface area contributed by atoms with Crippen LogP contribution in [0.1, 0.15) is 55.2 Å². The third kappa shape index (κ3) is 4.13. The summed E-state index contributed by atoms with van der Waals surface area (Å²) in [5.41, 5.74) is 1.88. The van der Waals surface area contributed by atoms with Crippen LogP contribution in [-0.2, 0) is 6.54 Å². The molecule has 4 rings (SSSR count). The van der Waals surface area contributed by atoms with Crippen molar-refractivity contribution in [2.45, 2.75) is 52.0 Å². The molecule has 1 aliphatic rings. The number of anilines is 1. The molecule has 3 aromatic rings. The number of pyridine rings is 1. The minimum Gasteiger partial charge on any atom is -0.379 e. The molecular formula is C19H22Cl2N2S2. The number of halogens is 2. The SMILES string of the molecule is CC.Clc1cc(NCc2cccs2)c2sc(C3CCCC3)c(Cl)c2n1. The molecule has 0 bridgehead atoms. The number of fused-ring (bicyclic) bond motifs is 1. The van der Waals surface area contributed by atoms with Gasteiger partial charge in [-0.1, -0.05) is 56.0 Å². The molecule has 1 N–H and O–H groups in total. The zero-order valence-electron chi connectivity index (χ0n) is 14.4. The lowest BCUT2D eigenvalue weighted by Gasteiger charge is -2.06. The van der Waals surface area contributed by atoms with Crippen molar-refractivity contribution in [3.63, 3.8) is 0 Å². The molecule has 2 nitrogen and oxygen atoms in total. The summed E-state index contributed by atoms with van der Waals surface area (Å²) >= 11 is 16.4. The molecule has 0 amide bonds. The largest absolute Gasteiger partial charge is 0.379 e. The lowest BCUT2D eigenvalue weighted by molar-refractivity contribution is 0.739. The smallest absolute Gasteiger partial charge is 0.131 e. The Morgan fingerprint density at radius 2 is 2.00 bits per heavy atom. The predicted molar refractivity (Wildman–Crippen MR) is 114 cm³/mol. The summed E-state index contributed by atoms with van der Waals surface area (Å²) in [5, 5.41) is 6.88. The second kappa shape index (κ2) is 8.72. The fourth-order valence-electron chi connectivity index (χ4n) is 3.20. The summed E-state index contributed by atoms with van der Waals surface area (Å²) < 4.78 is 1.12. The Morgan fingerprint density at radius 3 is 2.68 bits per heavy atom. The third-order valence-corrected chi connectivity index (χ3v) is 7.28. The standard InChI is InChI=1S/C17H16Cl2N2S2.C2H6/c18-13-8-12(20-9-11-6-3-7-22-11)17-15(21-13)14(19)16(23-17)10-4-1-2-5-10;1-2/h3,6-8,10H,1-2,4-5,9H2,(H,20,21);1-2H3. The summed E-state index contributed by atoms with van der Waals surface area (Å²) in [6.07, 6.45) is 5.07. The van der Waals surface area contributed by atoms with Crippen LogP contribution in [0.4, 0.5) is 5.69 Å². The Morgan fingerprint density at radius 1 is 1.24 bits per heavy atom. The molecule has 1 fully saturated rings. The molecule has 0 spiro atoms. The van der Waals surface area contributed by atoms with E-state index in [9.17, 15) is 0 Å². The van der Waals surface area contributed by atoms with Gasteiger partial charge in [-0.25, -0.2) is 4.98 Å². The molecule has 6 heteroatoms. The van der Waals surface area contributed by atoms with Gasteiger partial charge in [0.25, 0.3) is 0 Å². The van der Waals surface area contributed by atoms with Crippen molar-refractivity contribution < 1.29 is 0 Å². The fourth-order valence-corrected chi connectivity index (χ4v) is 5.80. The number of thiophene rings is 2. The summed E-state index contributed by atoms with van der Waals surface area (Å²) in [4.78, 5) is 7.06. The van der Waals surface area contributed by atoms with Crippen LogP contribution in [0.3, 0.4) is 0 Å². The molecular weight excluding hydrogens is 391 g/mol. The van der Waals surface area contributed by atoms with Gasteiger partial charge in [0.2, 0.25) is 0 Å². The lowest BCUT2D eigenvalue weighted by atomic mass is 10.1. The van der Waals surface area contributed by atoms with E-state index in [-0.39, 0.29) is 0 Å². The van der Waals surface area contributed by atoms with Crippen LogP contribution < -0.4 is 5.32 Å². The number of nitrogens with one attached hydrogen (secondary N) is 1. The Balaban J connectivity index is 0.000000880. The number of nitrogens with zero attached hydrogens (tertiary/aromatic N) is 1. The first-order valence-corrected chi connectivity index (χ1v) is 11.2. The van der Waals surface area contributed by atoms with E-state index in [1.165, 1.54) is 35.4 Å². The van der Waals surface area contributed by atoms with Crippen LogP contribution in [0, 0.1) is 0 Å². The summed E-state index contributed by atoms with van der Waals surface area (Å²) in [7, 11) is 0. The van der Waals surface area contributed by atoms with E-state index in [4.69, 9.17) is 23.2 Å². The maximum atomic E-state index is 6.64. The average Bonchev–Trinajstić information content (AvgIpc) is 3.36. The zero-order valence-corrected chi connectivity index (χ0v) is 17.6. The summed E-state index contributed by atoms with van der Waals surface area (Å²) in [5.74, 6) is 0.589. The van der Waals surface area contributed by atoms with Gasteiger partial charge >= 0.3 is 0 Å². The average molecular weight is 413 g/mol. The van der Waals surface area contributed by atoms with E-state index < -0.39 is 0 Å². The van der Waals surface area contributed by atoms with Gasteiger partial charge in [-0.2, -0.15) is 0 Å². The number of aromatic nitrogens is 1. The fraction of sp³-hybridized carbons (Fsp3) is 0.421. The van der Waals surface area contributed by atoms with Crippen LogP contribution in [0.25, 0.3) is 10.2 Å². The molecule has 25 heavy (non-hydrogen) atoms. The molecule has 0 aliphatic heterocycles. The van der Waals surface area contributed by atoms with Crippen LogP contribution >= 0.6 is 45.9 Å². The second-order valence-corrected chi connectivity index (χ2v) is 8.71. The highest BCUT2D eigenvalue weighted by molar-refractivity contribution is 7.20. The van der Waals surface area contributed by atoms with Crippen LogP contribution in [0.5, 0.6) is 0 Å². The number of rotatable bonds is 4. The monoisotopic (exact) mass is 412 g/mol. The Hall–Kier alpha value is -0.810. The van der Waals surface area contributed by atoms with Gasteiger partial charge in [0, 0.05) is 22.4 Å². The second-order valence-electron chi connectivity index (χ2n) is 5.86. The van der Waals surface area contributed by atoms with Gasteiger partial charge in [-0.3, -0.25) is 0 Å². The maximum absolute atomic E-state index is 6.64. The molecule has 0 atom stereocenters. The van der Waals surface area contributed by atoms with Crippen molar-refractivity contribution in [3.05, 3.63) is 43.5 Å². The van der Waals surface area contributed by atoms with E-state index in [1.54, 1.807) is 22.7 Å². The highest BCUT2D eigenvalue weighted by Gasteiger charge is 2.25. The molecule has 1 aliphatic carbocycles. The van der Waals surface area contributed by atoms with Gasteiger partial charge < -0.3 is 5.32 Å². The maximum Gasteiger partial charge on any atom is 0.131 e. The van der Waals surface area contributed by atoms with Crippen molar-refractivity contribution in [1.82, 2.24) is 4.98 Å². The van der Waals surface area contributed by atoms with Gasteiger partial charge in [0.15, 0.2) is 0 Å². The summed E-state index contributed by atoms with van der Waals surface area (Å²) in [6.45, 7) is 4.79. The number of hydrogen-bond donors (Lipinski definition) is 1. The zero-order chi connectivity index (χ0) is 17.8. The van der Waals surface area contributed by atoms with Crippen molar-refractivity contribution >= 4 is 61.8 Å². The van der Waals surface area contributed by atoms with Gasteiger partial charge in [-0.05, 0) is 30.2 Å². The molecule has 3 aromatic heterocycles. The predicted octanol–water partition coefficient (Wildman–Crippen LogP) is 7.96. The van der Waals surface area contributed by atoms with E-state index >= 15 is 0 Å². The molecule has 0 radical (unpaired) electrons. The van der Waals surface area contributed by atoms with Crippen molar-refractivity contribution in [2.24, 2.45) is 0 Å². The highest BCUT2D eigenvalue weighted by Crippen LogP contribution is 2.47. The van der Waals surface area contributed by atoms with Gasteiger partial charge in [0.05, 0.1) is 15.4 Å². The molecule has 0 unspecified atom stereocenters. The minimum absolute atomic E-state index is 0.490. The normalized spacial score (nSPS) is 14.6. The Labute approximate surface area is 167 Å². The molecule has 1 saturated carbocycles. The van der Waals surface area contributed by atoms with Crippen molar-refractivity contribution in [2.75, 3.05) is 5.32 Å². The van der Waals surface area contributed by atoms with Gasteiger partial charge in [0.1, 0.15) is 10.7 Å². The summed E-state index contributed by atoms with van der Waals surface area (Å²) in [6, 6.07) is 6.10. The first kappa shape index (κ1) is 19.0. The number of hydrogen-bond acceptors (Lipinski definition) is 4. The van der Waals surface area contributed by atoms with Crippen LogP contribution in [0.2, 0.25) is 10.2 Å². The molecule has 134 valence electrons. The Bertz CT molecular complexity index is 822. The lowest BCUT2D eigenvalue weighted by Crippen LogP contribution is -1.98. The first-order valence-electron chi connectivity index (χ1n) is 8.77. The highest BCUT2D eigenvalue weighted by atomic mass is 35.5. The molecule has 0 aromatic carbocycles. The third-order valence-electron chi connectivity index (χ3n) is 4.34. The Kier molecular flexibility index (Phi) is 6.61. The van der Waals surface area contributed by atoms with Crippen LogP contribution in [0.15, 0.2) is 23.6 Å². The molecule has 0 saturated heterocycles. The van der Waals surface area contributed by atoms with Crippen molar-refractivity contribution in [1.29, 1.82) is 0 Å². The molecule has 3 heterocycles. The van der Waals surface area contributed by atoms with E-state index in [2.05, 4.69) is 27.8 Å². The minimum atomic E-state index is 0.490.